The summed E-state index contributed by atoms with van der Waals surface area (Å²) in [5.74, 6) is -1.30. The van der Waals surface area contributed by atoms with Crippen LogP contribution in [0.25, 0.3) is 33.2 Å². The Morgan fingerprint density at radius 2 is 1.70 bits per heavy atom. The Morgan fingerprint density at radius 3 is 2.33 bits per heavy atom. The third kappa shape index (κ3) is 4.09. The highest BCUT2D eigenvalue weighted by Gasteiger charge is 2.20. The van der Waals surface area contributed by atoms with Crippen molar-refractivity contribution >= 4 is 29.0 Å². The van der Waals surface area contributed by atoms with E-state index in [2.05, 4.69) is 6.07 Å². The molecule has 0 fully saturated rings. The van der Waals surface area contributed by atoms with Gasteiger partial charge in [-0.15, -0.1) is 11.3 Å². The molecule has 0 unspecified atom stereocenters. The average Bonchev–Trinajstić information content (AvgIpc) is 3.18. The minimum atomic E-state index is -0.996. The van der Waals surface area contributed by atoms with Crippen LogP contribution in [0, 0.1) is 12.7 Å². The van der Waals surface area contributed by atoms with Crippen LogP contribution in [0.15, 0.2) is 84.2 Å². The second-order valence-corrected chi connectivity index (χ2v) is 7.91. The molecule has 4 heteroatoms. The van der Waals surface area contributed by atoms with Crippen molar-refractivity contribution in [2.75, 3.05) is 0 Å². The highest BCUT2D eigenvalue weighted by molar-refractivity contribution is 7.13. The van der Waals surface area contributed by atoms with Crippen LogP contribution in [0.2, 0.25) is 0 Å². The zero-order chi connectivity index (χ0) is 21.1. The number of aryl methyl sites for hydroxylation is 1. The molecular weight excluding hydrogens is 395 g/mol. The van der Waals surface area contributed by atoms with Gasteiger partial charge in [0.15, 0.2) is 0 Å². The molecule has 3 aromatic carbocycles. The van der Waals surface area contributed by atoms with Crippen molar-refractivity contribution in [3.05, 3.63) is 107 Å². The summed E-state index contributed by atoms with van der Waals surface area (Å²) in [6, 6.07) is 23.4. The van der Waals surface area contributed by atoms with Crippen LogP contribution >= 0.6 is 11.3 Å². The molecular formula is C26H19FO2S. The summed E-state index contributed by atoms with van der Waals surface area (Å²) >= 11 is 1.57. The van der Waals surface area contributed by atoms with Crippen LogP contribution in [-0.2, 0) is 4.79 Å². The molecule has 0 aliphatic rings. The van der Waals surface area contributed by atoms with Crippen molar-refractivity contribution < 1.29 is 14.3 Å². The van der Waals surface area contributed by atoms with Crippen LogP contribution in [0.1, 0.15) is 16.7 Å². The minimum Gasteiger partial charge on any atom is -0.478 e. The van der Waals surface area contributed by atoms with Gasteiger partial charge in [-0.2, -0.15) is 0 Å². The van der Waals surface area contributed by atoms with Crippen molar-refractivity contribution in [3.8, 4) is 21.6 Å². The normalized spacial score (nSPS) is 11.5. The summed E-state index contributed by atoms with van der Waals surface area (Å²) in [5, 5.41) is 12.1. The summed E-state index contributed by atoms with van der Waals surface area (Å²) in [6.45, 7) is 2.01. The first-order valence-electron chi connectivity index (χ1n) is 9.48. The van der Waals surface area contributed by atoms with E-state index >= 15 is 0 Å². The molecule has 0 radical (unpaired) electrons. The Bertz CT molecular complexity index is 1220. The van der Waals surface area contributed by atoms with Gasteiger partial charge in [-0.25, -0.2) is 9.18 Å². The maximum Gasteiger partial charge on any atom is 0.336 e. The third-order valence-electron chi connectivity index (χ3n) is 4.83. The van der Waals surface area contributed by atoms with Crippen LogP contribution in [0.4, 0.5) is 4.39 Å². The van der Waals surface area contributed by atoms with Crippen molar-refractivity contribution in [3.63, 3.8) is 0 Å². The fourth-order valence-electron chi connectivity index (χ4n) is 3.45. The van der Waals surface area contributed by atoms with Gasteiger partial charge in [-0.05, 0) is 64.4 Å². The summed E-state index contributed by atoms with van der Waals surface area (Å²) < 4.78 is 13.5. The van der Waals surface area contributed by atoms with Gasteiger partial charge >= 0.3 is 5.97 Å². The Balaban J connectivity index is 1.99. The molecule has 4 rings (SSSR count). The zero-order valence-electron chi connectivity index (χ0n) is 16.3. The van der Waals surface area contributed by atoms with Gasteiger partial charge in [-0.3, -0.25) is 0 Å². The Morgan fingerprint density at radius 1 is 0.967 bits per heavy atom. The number of hydrogen-bond donors (Lipinski definition) is 1. The molecule has 1 N–H and O–H groups in total. The van der Waals surface area contributed by atoms with Gasteiger partial charge in [0, 0.05) is 10.4 Å². The molecule has 0 spiro atoms. The van der Waals surface area contributed by atoms with Gasteiger partial charge in [0.1, 0.15) is 5.82 Å². The standard InChI is InChI=1S/C26H19FO2S/c1-17-14-24(30-16-17)25-21(19-10-12-20(27)13-11-19)8-5-9-22(25)23(26(28)29)15-18-6-3-2-4-7-18/h2-16H,1H3,(H,28,29). The smallest absolute Gasteiger partial charge is 0.336 e. The highest BCUT2D eigenvalue weighted by atomic mass is 32.1. The molecule has 0 saturated carbocycles. The summed E-state index contributed by atoms with van der Waals surface area (Å²) in [6.07, 6.45) is 1.69. The second-order valence-electron chi connectivity index (χ2n) is 7.00. The minimum absolute atomic E-state index is 0.214. The van der Waals surface area contributed by atoms with Gasteiger partial charge in [0.25, 0.3) is 0 Å². The lowest BCUT2D eigenvalue weighted by Crippen LogP contribution is -2.02. The fraction of sp³-hybridized carbons (Fsp3) is 0.0385. The van der Waals surface area contributed by atoms with Crippen molar-refractivity contribution in [1.29, 1.82) is 0 Å². The Kier molecular flexibility index (Phi) is 5.59. The zero-order valence-corrected chi connectivity index (χ0v) is 17.1. The first-order valence-corrected chi connectivity index (χ1v) is 10.4. The van der Waals surface area contributed by atoms with Gasteiger partial charge < -0.3 is 5.11 Å². The number of halogens is 1. The number of thiophene rings is 1. The Labute approximate surface area is 178 Å². The van der Waals surface area contributed by atoms with Crippen LogP contribution < -0.4 is 0 Å². The van der Waals surface area contributed by atoms with Crippen molar-refractivity contribution in [2.45, 2.75) is 6.92 Å². The number of aliphatic carboxylic acids is 1. The van der Waals surface area contributed by atoms with E-state index in [4.69, 9.17) is 0 Å². The average molecular weight is 415 g/mol. The molecule has 1 heterocycles. The van der Waals surface area contributed by atoms with E-state index in [1.165, 1.54) is 12.1 Å². The lowest BCUT2D eigenvalue weighted by atomic mass is 9.90. The lowest BCUT2D eigenvalue weighted by molar-refractivity contribution is -0.130. The van der Waals surface area contributed by atoms with E-state index in [1.807, 2.05) is 60.8 Å². The van der Waals surface area contributed by atoms with E-state index in [1.54, 1.807) is 29.5 Å². The first-order chi connectivity index (χ1) is 14.5. The van der Waals surface area contributed by atoms with Crippen LogP contribution in [-0.4, -0.2) is 11.1 Å². The monoisotopic (exact) mass is 414 g/mol. The number of carboxylic acids is 1. The SMILES string of the molecule is Cc1csc(-c2c(C(=Cc3ccccc3)C(=O)O)cccc2-c2ccc(F)cc2)c1. The molecule has 30 heavy (non-hydrogen) atoms. The molecule has 0 bridgehead atoms. The maximum atomic E-state index is 13.5. The van der Waals surface area contributed by atoms with Crippen molar-refractivity contribution in [2.24, 2.45) is 0 Å². The fourth-order valence-corrected chi connectivity index (χ4v) is 4.42. The molecule has 4 aromatic rings. The lowest BCUT2D eigenvalue weighted by Gasteiger charge is -2.15. The second kappa shape index (κ2) is 8.47. The van der Waals surface area contributed by atoms with E-state index in [9.17, 15) is 14.3 Å². The molecule has 148 valence electrons. The predicted octanol–water partition coefficient (Wildman–Crippen LogP) is 7.15. The summed E-state index contributed by atoms with van der Waals surface area (Å²) in [7, 11) is 0. The van der Waals surface area contributed by atoms with E-state index in [0.29, 0.717) is 5.56 Å². The summed E-state index contributed by atoms with van der Waals surface area (Å²) in [4.78, 5) is 13.2. The largest absolute Gasteiger partial charge is 0.478 e. The molecule has 0 amide bonds. The first kappa shape index (κ1) is 19.8. The quantitative estimate of drug-likeness (QED) is 0.278. The molecule has 1 aromatic heterocycles. The van der Waals surface area contributed by atoms with Gasteiger partial charge in [0.2, 0.25) is 0 Å². The van der Waals surface area contributed by atoms with Gasteiger partial charge in [0.05, 0.1) is 5.57 Å². The Hall–Kier alpha value is -3.50. The number of carboxylic acid groups (broad SMARTS) is 1. The van der Waals surface area contributed by atoms with Crippen LogP contribution in [0.5, 0.6) is 0 Å². The molecule has 0 atom stereocenters. The molecule has 0 aliphatic carbocycles. The highest BCUT2D eigenvalue weighted by Crippen LogP contribution is 2.41. The predicted molar refractivity (Wildman–Crippen MR) is 122 cm³/mol. The number of hydrogen-bond acceptors (Lipinski definition) is 2. The maximum absolute atomic E-state index is 13.5. The molecule has 0 saturated heterocycles. The topological polar surface area (TPSA) is 37.3 Å². The van der Waals surface area contributed by atoms with Crippen LogP contribution in [0.3, 0.4) is 0 Å². The molecule has 0 aliphatic heterocycles. The third-order valence-corrected chi connectivity index (χ3v) is 5.89. The number of benzene rings is 3. The summed E-state index contributed by atoms with van der Waals surface area (Å²) in [5.41, 5.74) is 5.32. The van der Waals surface area contributed by atoms with E-state index < -0.39 is 5.97 Å². The van der Waals surface area contributed by atoms with E-state index in [0.717, 1.165) is 32.7 Å². The number of rotatable bonds is 5. The molecule has 2 nitrogen and oxygen atoms in total. The number of carbonyl (C=O) groups is 1. The van der Waals surface area contributed by atoms with E-state index in [-0.39, 0.29) is 11.4 Å². The van der Waals surface area contributed by atoms with Crippen molar-refractivity contribution in [1.82, 2.24) is 0 Å². The van der Waals surface area contributed by atoms with Gasteiger partial charge in [-0.1, -0.05) is 60.7 Å².